The normalized spacial score (nSPS) is 11.4. The largest absolute Gasteiger partial charge is 0.408 e. The van der Waals surface area contributed by atoms with Crippen molar-refractivity contribution in [3.8, 4) is 0 Å². The van der Waals surface area contributed by atoms with E-state index in [1.807, 2.05) is 17.6 Å². The van der Waals surface area contributed by atoms with E-state index >= 15 is 0 Å². The first-order valence-corrected chi connectivity index (χ1v) is 11.3. The predicted molar refractivity (Wildman–Crippen MR) is 115 cm³/mol. The van der Waals surface area contributed by atoms with Crippen molar-refractivity contribution < 1.29 is 19.2 Å². The molecule has 0 amide bonds. The third kappa shape index (κ3) is 7.14. The number of thiazole rings is 1. The van der Waals surface area contributed by atoms with Gasteiger partial charge in [-0.2, -0.15) is 0 Å². The number of nitrogens with zero attached hydrogens (tertiary/aromatic N) is 4. The molecule has 9 heteroatoms. The molecule has 0 saturated carbocycles. The van der Waals surface area contributed by atoms with Gasteiger partial charge >= 0.3 is 5.13 Å². The average Bonchev–Trinajstić information content (AvgIpc) is 3.14. The van der Waals surface area contributed by atoms with Gasteiger partial charge in [-0.1, -0.05) is 18.9 Å². The highest BCUT2D eigenvalue weighted by Crippen LogP contribution is 2.27. The molecule has 1 heterocycles. The molecule has 0 saturated heterocycles. The molecule has 0 atom stereocenters. The molecule has 0 aliphatic carbocycles. The summed E-state index contributed by atoms with van der Waals surface area (Å²) in [6.07, 6.45) is 5.12. The lowest BCUT2D eigenvalue weighted by molar-refractivity contribution is -0.680. The number of aromatic nitrogens is 1. The molecule has 0 fully saturated rings. The minimum atomic E-state index is 0.701. The Hall–Kier alpha value is -1.52. The van der Waals surface area contributed by atoms with Crippen LogP contribution in [0.4, 0.5) is 16.5 Å². The topological polar surface area (TPSA) is 70.5 Å². The second-order valence-corrected chi connectivity index (χ2v) is 8.01. The third-order valence-electron chi connectivity index (χ3n) is 4.14. The summed E-state index contributed by atoms with van der Waals surface area (Å²) in [6.45, 7) is 9.42. The molecule has 0 aliphatic rings. The van der Waals surface area contributed by atoms with Gasteiger partial charge in [-0.25, -0.2) is 9.82 Å². The van der Waals surface area contributed by atoms with Crippen molar-refractivity contribution in [3.63, 3.8) is 0 Å². The molecule has 2 rings (SSSR count). The summed E-state index contributed by atoms with van der Waals surface area (Å²) in [5.41, 5.74) is 3.26. The molecule has 2 aromatic rings. The van der Waals surface area contributed by atoms with Gasteiger partial charge in [-0.3, -0.25) is 0 Å². The molecule has 7 nitrogen and oxygen atoms in total. The van der Waals surface area contributed by atoms with E-state index < -0.39 is 0 Å². The highest BCUT2D eigenvalue weighted by molar-refractivity contribution is 7.94. The lowest BCUT2D eigenvalue weighted by atomic mass is 10.1. The fourth-order valence-electron chi connectivity index (χ4n) is 2.85. The first-order chi connectivity index (χ1) is 13.7. The molecule has 1 N–H and O–H groups in total. The van der Waals surface area contributed by atoms with Crippen LogP contribution in [-0.2, 0) is 15.9 Å². The van der Waals surface area contributed by atoms with Crippen molar-refractivity contribution in [2.75, 3.05) is 23.7 Å². The minimum Gasteiger partial charge on any atom is -0.372 e. The molecule has 28 heavy (non-hydrogen) atoms. The number of benzene rings is 1. The fraction of sp³-hybridized carbons (Fsp3) is 0.526. The summed E-state index contributed by atoms with van der Waals surface area (Å²) in [7, 11) is 0. The van der Waals surface area contributed by atoms with Crippen LogP contribution in [0.5, 0.6) is 0 Å². The SMILES string of the molecule is CCCN(CCC)c1ccc(N=Nc2scc[n+]2CCCSOOO)c(C)c1. The van der Waals surface area contributed by atoms with Gasteiger partial charge < -0.3 is 4.90 Å². The van der Waals surface area contributed by atoms with Crippen LogP contribution in [0.2, 0.25) is 0 Å². The quantitative estimate of drug-likeness (QED) is 0.109. The highest BCUT2D eigenvalue weighted by atomic mass is 32.2. The van der Waals surface area contributed by atoms with E-state index in [0.717, 1.165) is 67.3 Å². The van der Waals surface area contributed by atoms with Crippen molar-refractivity contribution in [2.45, 2.75) is 46.6 Å². The van der Waals surface area contributed by atoms with Gasteiger partial charge in [0, 0.05) is 42.0 Å². The number of hydrogen-bond acceptors (Lipinski definition) is 8. The molecule has 0 radical (unpaired) electrons. The second-order valence-electron chi connectivity index (χ2n) is 6.35. The summed E-state index contributed by atoms with van der Waals surface area (Å²) < 4.78 is 6.44. The Morgan fingerprint density at radius 2 is 2.00 bits per heavy atom. The van der Waals surface area contributed by atoms with E-state index in [1.54, 1.807) is 11.3 Å². The summed E-state index contributed by atoms with van der Waals surface area (Å²) >= 11 is 2.62. The van der Waals surface area contributed by atoms with Gasteiger partial charge in [0.2, 0.25) is 0 Å². The van der Waals surface area contributed by atoms with Crippen LogP contribution >= 0.6 is 23.4 Å². The van der Waals surface area contributed by atoms with E-state index in [1.165, 1.54) is 5.69 Å². The smallest absolute Gasteiger partial charge is 0.372 e. The van der Waals surface area contributed by atoms with E-state index in [-0.39, 0.29) is 0 Å². The zero-order valence-corrected chi connectivity index (χ0v) is 18.3. The van der Waals surface area contributed by atoms with Crippen molar-refractivity contribution in [3.05, 3.63) is 35.3 Å². The molecular weight excluding hydrogens is 396 g/mol. The van der Waals surface area contributed by atoms with E-state index in [9.17, 15) is 0 Å². The van der Waals surface area contributed by atoms with Gasteiger partial charge in [-0.05, 0) is 66.4 Å². The lowest BCUT2D eigenvalue weighted by Crippen LogP contribution is -2.31. The molecular formula is C19H29N4O3S2+. The maximum atomic E-state index is 8.12. The monoisotopic (exact) mass is 425 g/mol. The second kappa shape index (κ2) is 12.8. The summed E-state index contributed by atoms with van der Waals surface area (Å²) in [5.74, 6) is 0.701. The zero-order chi connectivity index (χ0) is 20.2. The van der Waals surface area contributed by atoms with E-state index in [4.69, 9.17) is 5.26 Å². The van der Waals surface area contributed by atoms with Crippen molar-refractivity contribution in [2.24, 2.45) is 10.2 Å². The summed E-state index contributed by atoms with van der Waals surface area (Å²) in [6, 6.07) is 6.38. The number of anilines is 1. The summed E-state index contributed by atoms with van der Waals surface area (Å²) in [5, 5.41) is 23.5. The van der Waals surface area contributed by atoms with Crippen molar-refractivity contribution in [1.29, 1.82) is 0 Å². The van der Waals surface area contributed by atoms with Gasteiger partial charge in [0.25, 0.3) is 0 Å². The van der Waals surface area contributed by atoms with Crippen LogP contribution in [0.3, 0.4) is 0 Å². The van der Waals surface area contributed by atoms with E-state index in [0.29, 0.717) is 5.75 Å². The number of aryl methyl sites for hydroxylation is 2. The van der Waals surface area contributed by atoms with Gasteiger partial charge in [0.05, 0.1) is 11.7 Å². The van der Waals surface area contributed by atoms with Gasteiger partial charge in [-0.15, -0.1) is 4.33 Å². The molecule has 1 aromatic carbocycles. The van der Waals surface area contributed by atoms with Crippen molar-refractivity contribution in [1.82, 2.24) is 0 Å². The standard InChI is InChI=1S/C19H28N4O3S2/c1-4-9-22(10-5-2)17-7-8-18(16(3)15-17)20-21-19-23(12-14-27-19)11-6-13-28-26-25-24/h7-8,12,14-15H,4-6,9-11,13H2,1-3H3/p+1. The Morgan fingerprint density at radius 3 is 2.68 bits per heavy atom. The first kappa shape index (κ1) is 22.8. The molecule has 154 valence electrons. The Kier molecular flexibility index (Phi) is 10.4. The van der Waals surface area contributed by atoms with Crippen LogP contribution in [0.25, 0.3) is 0 Å². The molecule has 0 aliphatic heterocycles. The Balaban J connectivity index is 2.01. The highest BCUT2D eigenvalue weighted by Gasteiger charge is 2.13. The van der Waals surface area contributed by atoms with Gasteiger partial charge in [0.15, 0.2) is 0 Å². The van der Waals surface area contributed by atoms with Crippen LogP contribution in [0.15, 0.2) is 40.0 Å². The predicted octanol–water partition coefficient (Wildman–Crippen LogP) is 5.85. The average molecular weight is 426 g/mol. The molecule has 0 unspecified atom stereocenters. The lowest BCUT2D eigenvalue weighted by Gasteiger charge is -2.24. The van der Waals surface area contributed by atoms with Crippen LogP contribution < -0.4 is 9.47 Å². The number of hydrogen-bond donors (Lipinski definition) is 1. The van der Waals surface area contributed by atoms with Crippen LogP contribution in [0.1, 0.15) is 38.7 Å². The Bertz CT molecular complexity index is 734. The van der Waals surface area contributed by atoms with Crippen LogP contribution in [-0.4, -0.2) is 24.1 Å². The Labute approximate surface area is 175 Å². The minimum absolute atomic E-state index is 0.701. The number of azo groups is 1. The third-order valence-corrected chi connectivity index (χ3v) is 5.54. The van der Waals surface area contributed by atoms with Gasteiger partial charge in [0.1, 0.15) is 11.9 Å². The maximum Gasteiger partial charge on any atom is 0.408 e. The fourth-order valence-corrected chi connectivity index (χ4v) is 3.91. The van der Waals surface area contributed by atoms with Crippen LogP contribution in [0, 0.1) is 6.92 Å². The number of rotatable bonds is 13. The zero-order valence-electron chi connectivity index (χ0n) is 16.7. The molecule has 1 aromatic heterocycles. The molecule has 0 bridgehead atoms. The maximum absolute atomic E-state index is 8.12. The van der Waals surface area contributed by atoms with E-state index in [2.05, 4.69) is 62.0 Å². The summed E-state index contributed by atoms with van der Waals surface area (Å²) in [4.78, 5) is 2.42. The molecule has 0 spiro atoms. The Morgan fingerprint density at radius 1 is 1.21 bits per heavy atom. The first-order valence-electron chi connectivity index (χ1n) is 9.53. The van der Waals surface area contributed by atoms with Crippen molar-refractivity contribution >= 4 is 39.9 Å².